The Morgan fingerprint density at radius 1 is 1.13 bits per heavy atom. The monoisotopic (exact) mass is 424 g/mol. The molecule has 0 saturated carbocycles. The van der Waals surface area contributed by atoms with Gasteiger partial charge in [-0.2, -0.15) is 10.2 Å². The summed E-state index contributed by atoms with van der Waals surface area (Å²) in [4.78, 5) is 13.4. The fourth-order valence-electron chi connectivity index (χ4n) is 3.51. The standard InChI is InChI=1S/C23H22ClFN4O/c1-13(2)21-17-11-26-29(16-9-8-14(3)15(4)10-16)22(17)23(30)28(27-21)12-18-19(24)6-5-7-20(18)25/h5-11,13H,12H2,1-4H3. The molecule has 5 nitrogen and oxygen atoms in total. The van der Waals surface area contributed by atoms with Crippen molar-refractivity contribution in [2.24, 2.45) is 0 Å². The summed E-state index contributed by atoms with van der Waals surface area (Å²) in [6.07, 6.45) is 1.68. The van der Waals surface area contributed by atoms with Crippen LogP contribution in [-0.4, -0.2) is 19.6 Å². The molecule has 0 spiro atoms. The third-order valence-electron chi connectivity index (χ3n) is 5.36. The number of rotatable bonds is 4. The van der Waals surface area contributed by atoms with Crippen molar-refractivity contribution in [2.45, 2.75) is 40.2 Å². The average Bonchev–Trinajstić information content (AvgIpc) is 3.14. The summed E-state index contributed by atoms with van der Waals surface area (Å²) in [5, 5.41) is 9.99. The Labute approximate surface area is 178 Å². The van der Waals surface area contributed by atoms with Crippen molar-refractivity contribution < 1.29 is 4.39 Å². The Balaban J connectivity index is 1.97. The summed E-state index contributed by atoms with van der Waals surface area (Å²) in [5.74, 6) is -0.419. The van der Waals surface area contributed by atoms with Crippen LogP contribution in [0.3, 0.4) is 0 Å². The van der Waals surface area contributed by atoms with Gasteiger partial charge >= 0.3 is 0 Å². The van der Waals surface area contributed by atoms with Crippen LogP contribution in [0.25, 0.3) is 16.6 Å². The predicted octanol–water partition coefficient (Wildman–Crippen LogP) is 5.16. The van der Waals surface area contributed by atoms with Gasteiger partial charge in [-0.25, -0.2) is 13.8 Å². The van der Waals surface area contributed by atoms with Crippen LogP contribution < -0.4 is 5.56 Å². The van der Waals surface area contributed by atoms with E-state index >= 15 is 0 Å². The molecule has 0 unspecified atom stereocenters. The predicted molar refractivity (Wildman–Crippen MR) is 117 cm³/mol. The number of aromatic nitrogens is 4. The van der Waals surface area contributed by atoms with Crippen LogP contribution in [0.15, 0.2) is 47.4 Å². The number of hydrogen-bond acceptors (Lipinski definition) is 3. The van der Waals surface area contributed by atoms with Gasteiger partial charge in [-0.05, 0) is 55.2 Å². The van der Waals surface area contributed by atoms with Gasteiger partial charge in [-0.1, -0.05) is 37.6 Å². The van der Waals surface area contributed by atoms with Gasteiger partial charge in [-0.3, -0.25) is 4.79 Å². The molecule has 4 rings (SSSR count). The van der Waals surface area contributed by atoms with Gasteiger partial charge in [0.05, 0.1) is 24.1 Å². The number of hydrogen-bond donors (Lipinski definition) is 0. The van der Waals surface area contributed by atoms with Crippen LogP contribution >= 0.6 is 11.6 Å². The van der Waals surface area contributed by atoms with Crippen LogP contribution in [0.5, 0.6) is 0 Å². The smallest absolute Gasteiger partial charge is 0.265 e. The summed E-state index contributed by atoms with van der Waals surface area (Å²) in [6, 6.07) is 10.4. The van der Waals surface area contributed by atoms with Gasteiger partial charge in [0.15, 0.2) is 0 Å². The summed E-state index contributed by atoms with van der Waals surface area (Å²) < 4.78 is 17.3. The minimum atomic E-state index is -0.468. The lowest BCUT2D eigenvalue weighted by molar-refractivity contribution is 0.564. The van der Waals surface area contributed by atoms with Gasteiger partial charge < -0.3 is 0 Å². The molecule has 0 aliphatic rings. The van der Waals surface area contributed by atoms with Crippen LogP contribution in [0.2, 0.25) is 5.02 Å². The van der Waals surface area contributed by atoms with Crippen molar-refractivity contribution in [1.29, 1.82) is 0 Å². The maximum atomic E-state index is 14.4. The molecule has 0 atom stereocenters. The minimum absolute atomic E-state index is 0.0489. The maximum Gasteiger partial charge on any atom is 0.293 e. The largest absolute Gasteiger partial charge is 0.293 e. The Morgan fingerprint density at radius 3 is 2.57 bits per heavy atom. The van der Waals surface area contributed by atoms with Gasteiger partial charge in [0.25, 0.3) is 5.56 Å². The molecule has 2 aromatic carbocycles. The van der Waals surface area contributed by atoms with E-state index in [0.29, 0.717) is 10.9 Å². The second-order valence-electron chi connectivity index (χ2n) is 7.79. The second-order valence-corrected chi connectivity index (χ2v) is 8.20. The van der Waals surface area contributed by atoms with E-state index in [4.69, 9.17) is 11.6 Å². The van der Waals surface area contributed by atoms with E-state index in [2.05, 4.69) is 10.2 Å². The molecule has 0 N–H and O–H groups in total. The van der Waals surface area contributed by atoms with E-state index in [9.17, 15) is 9.18 Å². The zero-order valence-corrected chi connectivity index (χ0v) is 18.0. The first-order chi connectivity index (χ1) is 14.3. The molecular weight excluding hydrogens is 403 g/mol. The number of aryl methyl sites for hydroxylation is 2. The van der Waals surface area contributed by atoms with Crippen LogP contribution in [0.4, 0.5) is 4.39 Å². The molecule has 0 bridgehead atoms. The SMILES string of the molecule is Cc1ccc(-n2ncc3c(C(C)C)nn(Cc4c(F)cccc4Cl)c(=O)c32)cc1C. The Kier molecular flexibility index (Phi) is 5.20. The highest BCUT2D eigenvalue weighted by molar-refractivity contribution is 6.31. The zero-order chi connectivity index (χ0) is 21.6. The van der Waals surface area contributed by atoms with Crippen LogP contribution in [-0.2, 0) is 6.54 Å². The first-order valence-electron chi connectivity index (χ1n) is 9.77. The summed E-state index contributed by atoms with van der Waals surface area (Å²) in [5.41, 5.74) is 4.10. The van der Waals surface area contributed by atoms with Gasteiger partial charge in [0, 0.05) is 16.0 Å². The third kappa shape index (κ3) is 3.41. The molecule has 0 saturated heterocycles. The minimum Gasteiger partial charge on any atom is -0.265 e. The molecule has 4 aromatic rings. The van der Waals surface area contributed by atoms with Crippen molar-refractivity contribution >= 4 is 22.5 Å². The number of halogens is 2. The average molecular weight is 425 g/mol. The first kappa shape index (κ1) is 20.3. The number of fused-ring (bicyclic) bond motifs is 1. The van der Waals surface area contributed by atoms with Crippen LogP contribution in [0.1, 0.15) is 42.1 Å². The lowest BCUT2D eigenvalue weighted by Crippen LogP contribution is -2.27. The molecule has 154 valence electrons. The molecule has 0 aliphatic heterocycles. The van der Waals surface area contributed by atoms with Crippen molar-refractivity contribution in [2.75, 3.05) is 0 Å². The summed E-state index contributed by atoms with van der Waals surface area (Å²) >= 11 is 6.19. The first-order valence-corrected chi connectivity index (χ1v) is 10.1. The van der Waals surface area contributed by atoms with Crippen molar-refractivity contribution in [1.82, 2.24) is 19.6 Å². The molecule has 0 fully saturated rings. The maximum absolute atomic E-state index is 14.4. The van der Waals surface area contributed by atoms with Gasteiger partial charge in [0.1, 0.15) is 11.3 Å². The van der Waals surface area contributed by atoms with Crippen molar-refractivity contribution in [3.63, 3.8) is 0 Å². The lowest BCUT2D eigenvalue weighted by atomic mass is 10.1. The Hall–Kier alpha value is -2.99. The summed E-state index contributed by atoms with van der Waals surface area (Å²) in [6.45, 7) is 7.99. The summed E-state index contributed by atoms with van der Waals surface area (Å²) in [7, 11) is 0. The van der Waals surface area contributed by atoms with Gasteiger partial charge in [0.2, 0.25) is 0 Å². The number of nitrogens with zero attached hydrogens (tertiary/aromatic N) is 4. The fourth-order valence-corrected chi connectivity index (χ4v) is 3.74. The molecule has 7 heteroatoms. The molecule has 2 aromatic heterocycles. The molecule has 30 heavy (non-hydrogen) atoms. The molecule has 2 heterocycles. The van der Waals surface area contributed by atoms with E-state index in [1.54, 1.807) is 16.9 Å². The van der Waals surface area contributed by atoms with Crippen LogP contribution in [0, 0.1) is 19.7 Å². The van der Waals surface area contributed by atoms with Crippen molar-refractivity contribution in [3.8, 4) is 5.69 Å². The van der Waals surface area contributed by atoms with E-state index in [1.165, 1.54) is 16.8 Å². The molecule has 0 aliphatic carbocycles. The van der Waals surface area contributed by atoms with Crippen molar-refractivity contribution in [3.05, 3.63) is 86.2 Å². The normalized spacial score (nSPS) is 11.6. The molecule has 0 radical (unpaired) electrons. The second kappa shape index (κ2) is 7.69. The highest BCUT2D eigenvalue weighted by Gasteiger charge is 2.20. The molecule has 0 amide bonds. The lowest BCUT2D eigenvalue weighted by Gasteiger charge is -2.13. The fraction of sp³-hybridized carbons (Fsp3) is 0.261. The third-order valence-corrected chi connectivity index (χ3v) is 5.72. The highest BCUT2D eigenvalue weighted by atomic mass is 35.5. The Bertz CT molecular complexity index is 1300. The highest BCUT2D eigenvalue weighted by Crippen LogP contribution is 2.25. The van der Waals surface area contributed by atoms with E-state index in [1.807, 2.05) is 45.9 Å². The van der Waals surface area contributed by atoms with E-state index < -0.39 is 5.82 Å². The van der Waals surface area contributed by atoms with Gasteiger partial charge in [-0.15, -0.1) is 0 Å². The van der Waals surface area contributed by atoms with E-state index in [-0.39, 0.29) is 28.6 Å². The van der Waals surface area contributed by atoms with E-state index in [0.717, 1.165) is 22.5 Å². The topological polar surface area (TPSA) is 52.7 Å². The quantitative estimate of drug-likeness (QED) is 0.454. The Morgan fingerprint density at radius 2 is 1.90 bits per heavy atom. The number of benzene rings is 2. The molecular formula is C23H22ClFN4O. The zero-order valence-electron chi connectivity index (χ0n) is 17.3.